The van der Waals surface area contributed by atoms with Crippen LogP contribution in [0.5, 0.6) is 11.5 Å². The van der Waals surface area contributed by atoms with Crippen LogP contribution < -0.4 is 10.1 Å². The van der Waals surface area contributed by atoms with E-state index in [1.54, 1.807) is 0 Å². The largest absolute Gasteiger partial charge is 0.457 e. The molecule has 3 aromatic carbocycles. The second-order valence-electron chi connectivity index (χ2n) is 7.36. The third kappa shape index (κ3) is 5.57. The van der Waals surface area contributed by atoms with Gasteiger partial charge in [-0.1, -0.05) is 29.8 Å². The molecule has 1 aromatic heterocycles. The van der Waals surface area contributed by atoms with Crippen molar-refractivity contribution in [3.8, 4) is 23.0 Å². The van der Waals surface area contributed by atoms with Gasteiger partial charge in [0.2, 0.25) is 17.7 Å². The van der Waals surface area contributed by atoms with Crippen LogP contribution in [0.4, 0.5) is 5.69 Å². The summed E-state index contributed by atoms with van der Waals surface area (Å²) in [6.07, 6.45) is 0.621. The molecule has 6 heteroatoms. The number of hydrogen-bond donors (Lipinski definition) is 1. The number of hydrogen-bond acceptors (Lipinski definition) is 5. The Morgan fingerprint density at radius 3 is 2.42 bits per heavy atom. The number of carbonyl (C=O) groups excluding carboxylic acids is 1. The van der Waals surface area contributed by atoms with Crippen LogP contribution in [0.25, 0.3) is 11.5 Å². The highest BCUT2D eigenvalue weighted by atomic mass is 16.5. The summed E-state index contributed by atoms with van der Waals surface area (Å²) in [6, 6.07) is 23.0. The van der Waals surface area contributed by atoms with Gasteiger partial charge in [-0.25, -0.2) is 0 Å². The first-order valence-electron chi connectivity index (χ1n) is 10.1. The summed E-state index contributed by atoms with van der Waals surface area (Å²) in [5.74, 6) is 2.26. The Bertz CT molecular complexity index is 1170. The van der Waals surface area contributed by atoms with E-state index in [0.717, 1.165) is 22.4 Å². The van der Waals surface area contributed by atoms with Gasteiger partial charge in [0.15, 0.2) is 0 Å². The van der Waals surface area contributed by atoms with E-state index in [0.29, 0.717) is 29.6 Å². The van der Waals surface area contributed by atoms with Gasteiger partial charge in [0.1, 0.15) is 11.5 Å². The highest BCUT2D eigenvalue weighted by Gasteiger charge is 2.11. The van der Waals surface area contributed by atoms with Crippen molar-refractivity contribution < 1.29 is 13.9 Å². The number of carbonyl (C=O) groups is 1. The number of aryl methyl sites for hydroxylation is 3. The number of nitrogens with zero attached hydrogens (tertiary/aromatic N) is 2. The average molecular weight is 413 g/mol. The molecule has 31 heavy (non-hydrogen) atoms. The molecule has 1 heterocycles. The average Bonchev–Trinajstić information content (AvgIpc) is 3.23. The van der Waals surface area contributed by atoms with Crippen molar-refractivity contribution >= 4 is 11.6 Å². The van der Waals surface area contributed by atoms with E-state index in [2.05, 4.69) is 15.5 Å². The molecule has 0 fully saturated rings. The predicted molar refractivity (Wildman–Crippen MR) is 119 cm³/mol. The summed E-state index contributed by atoms with van der Waals surface area (Å²) in [5, 5.41) is 11.0. The van der Waals surface area contributed by atoms with Gasteiger partial charge in [-0.05, 0) is 67.9 Å². The Balaban J connectivity index is 1.28. The maximum Gasteiger partial charge on any atom is 0.247 e. The lowest BCUT2D eigenvalue weighted by Gasteiger charge is -2.08. The van der Waals surface area contributed by atoms with Crippen LogP contribution in [0, 0.1) is 13.8 Å². The van der Waals surface area contributed by atoms with Gasteiger partial charge in [-0.2, -0.15) is 0 Å². The van der Waals surface area contributed by atoms with Gasteiger partial charge in [-0.3, -0.25) is 4.79 Å². The molecular formula is C25H23N3O3. The molecule has 0 atom stereocenters. The summed E-state index contributed by atoms with van der Waals surface area (Å²) in [6.45, 7) is 4.04. The topological polar surface area (TPSA) is 77.2 Å². The van der Waals surface area contributed by atoms with Crippen molar-refractivity contribution in [3.05, 3.63) is 89.8 Å². The van der Waals surface area contributed by atoms with Crippen LogP contribution in [-0.2, 0) is 11.2 Å². The quantitative estimate of drug-likeness (QED) is 0.419. The second-order valence-corrected chi connectivity index (χ2v) is 7.36. The van der Waals surface area contributed by atoms with Gasteiger partial charge in [-0.15, -0.1) is 10.2 Å². The summed E-state index contributed by atoms with van der Waals surface area (Å²) in [4.78, 5) is 12.3. The number of anilines is 1. The van der Waals surface area contributed by atoms with E-state index < -0.39 is 0 Å². The van der Waals surface area contributed by atoms with Crippen LogP contribution in [-0.4, -0.2) is 16.1 Å². The summed E-state index contributed by atoms with van der Waals surface area (Å²) < 4.78 is 11.5. The predicted octanol–water partition coefficient (Wildman–Crippen LogP) is 5.72. The van der Waals surface area contributed by atoms with Crippen molar-refractivity contribution in [1.29, 1.82) is 0 Å². The van der Waals surface area contributed by atoms with Gasteiger partial charge >= 0.3 is 0 Å². The van der Waals surface area contributed by atoms with E-state index >= 15 is 0 Å². The second kappa shape index (κ2) is 9.26. The Labute approximate surface area is 180 Å². The molecule has 0 spiro atoms. The zero-order valence-electron chi connectivity index (χ0n) is 17.5. The Morgan fingerprint density at radius 1 is 0.903 bits per heavy atom. The normalized spacial score (nSPS) is 10.6. The van der Waals surface area contributed by atoms with Crippen molar-refractivity contribution in [3.63, 3.8) is 0 Å². The summed E-state index contributed by atoms with van der Waals surface area (Å²) in [5.41, 5.74) is 3.86. The number of benzene rings is 3. The first-order valence-corrected chi connectivity index (χ1v) is 10.1. The van der Waals surface area contributed by atoms with Crippen molar-refractivity contribution in [1.82, 2.24) is 10.2 Å². The van der Waals surface area contributed by atoms with Crippen molar-refractivity contribution in [2.75, 3.05) is 5.32 Å². The Morgan fingerprint density at radius 2 is 1.68 bits per heavy atom. The molecule has 4 aromatic rings. The van der Waals surface area contributed by atoms with Crippen LogP contribution in [0.3, 0.4) is 0 Å². The molecule has 1 amide bonds. The molecule has 1 N–H and O–H groups in total. The number of aromatic nitrogens is 2. The highest BCUT2D eigenvalue weighted by molar-refractivity contribution is 5.90. The first kappa shape index (κ1) is 20.3. The van der Waals surface area contributed by atoms with Crippen LogP contribution in [0.1, 0.15) is 23.4 Å². The van der Waals surface area contributed by atoms with Gasteiger partial charge in [0, 0.05) is 24.1 Å². The number of amides is 1. The minimum atomic E-state index is -0.123. The lowest BCUT2D eigenvalue weighted by Crippen LogP contribution is -2.12. The van der Waals surface area contributed by atoms with Crippen LogP contribution in [0.2, 0.25) is 0 Å². The molecule has 0 saturated carbocycles. The van der Waals surface area contributed by atoms with E-state index in [1.165, 1.54) is 0 Å². The van der Waals surface area contributed by atoms with Crippen LogP contribution in [0.15, 0.2) is 77.2 Å². The fraction of sp³-hybridized carbons (Fsp3) is 0.160. The fourth-order valence-electron chi connectivity index (χ4n) is 3.03. The minimum Gasteiger partial charge on any atom is -0.457 e. The zero-order chi connectivity index (χ0) is 21.6. The minimum absolute atomic E-state index is 0.123. The molecule has 0 aliphatic rings. The molecule has 0 radical (unpaired) electrons. The van der Waals surface area contributed by atoms with Gasteiger partial charge in [0.05, 0.1) is 0 Å². The lowest BCUT2D eigenvalue weighted by atomic mass is 10.1. The molecule has 0 bridgehead atoms. The van der Waals surface area contributed by atoms with Crippen LogP contribution >= 0.6 is 0 Å². The lowest BCUT2D eigenvalue weighted by molar-refractivity contribution is -0.116. The highest BCUT2D eigenvalue weighted by Crippen LogP contribution is 2.24. The maximum absolute atomic E-state index is 12.3. The summed E-state index contributed by atoms with van der Waals surface area (Å²) >= 11 is 0. The van der Waals surface area contributed by atoms with E-state index in [9.17, 15) is 4.79 Å². The standard InChI is InChI=1S/C25H23N3O3/c1-17-6-8-19(9-7-17)25-28-27-24(31-25)15-14-23(29)26-20-10-12-21(13-11-20)30-22-5-3-4-18(2)16-22/h3-13,16H,14-15H2,1-2H3,(H,26,29). The Kier molecular flexibility index (Phi) is 6.08. The zero-order valence-corrected chi connectivity index (χ0v) is 17.5. The number of ether oxygens (including phenoxy) is 1. The van der Waals surface area contributed by atoms with Gasteiger partial charge in [0.25, 0.3) is 0 Å². The van der Waals surface area contributed by atoms with E-state index in [4.69, 9.17) is 9.15 Å². The molecule has 0 saturated heterocycles. The third-order valence-electron chi connectivity index (χ3n) is 4.69. The molecule has 0 unspecified atom stereocenters. The Hall–Kier alpha value is -3.93. The smallest absolute Gasteiger partial charge is 0.247 e. The first-order chi connectivity index (χ1) is 15.0. The molecule has 4 rings (SSSR count). The fourth-order valence-corrected chi connectivity index (χ4v) is 3.03. The molecule has 6 nitrogen and oxygen atoms in total. The number of rotatable bonds is 7. The molecule has 0 aliphatic carbocycles. The molecule has 0 aliphatic heterocycles. The van der Waals surface area contributed by atoms with E-state index in [-0.39, 0.29) is 12.3 Å². The SMILES string of the molecule is Cc1ccc(-c2nnc(CCC(=O)Nc3ccc(Oc4cccc(C)c4)cc3)o2)cc1. The van der Waals surface area contributed by atoms with Gasteiger partial charge < -0.3 is 14.5 Å². The third-order valence-corrected chi connectivity index (χ3v) is 4.69. The molecule has 156 valence electrons. The van der Waals surface area contributed by atoms with Crippen molar-refractivity contribution in [2.24, 2.45) is 0 Å². The maximum atomic E-state index is 12.3. The number of nitrogens with one attached hydrogen (secondary N) is 1. The van der Waals surface area contributed by atoms with Crippen molar-refractivity contribution in [2.45, 2.75) is 26.7 Å². The molecular weight excluding hydrogens is 390 g/mol. The van der Waals surface area contributed by atoms with E-state index in [1.807, 2.05) is 86.6 Å². The summed E-state index contributed by atoms with van der Waals surface area (Å²) in [7, 11) is 0. The monoisotopic (exact) mass is 413 g/mol.